The number of likely N-dealkylation sites (tertiary alicyclic amines) is 1. The average Bonchev–Trinajstić information content (AvgIpc) is 3.31. The highest BCUT2D eigenvalue weighted by atomic mass is 16.5. The number of para-hydroxylation sites is 1. The van der Waals surface area contributed by atoms with Crippen LogP contribution in [0.1, 0.15) is 29.6 Å². The summed E-state index contributed by atoms with van der Waals surface area (Å²) in [5, 5.41) is 0.609. The number of hydrogen-bond acceptors (Lipinski definition) is 6. The van der Waals surface area contributed by atoms with Gasteiger partial charge in [-0.1, -0.05) is 18.2 Å². The van der Waals surface area contributed by atoms with Gasteiger partial charge in [-0.3, -0.25) is 9.59 Å². The van der Waals surface area contributed by atoms with E-state index in [-0.39, 0.29) is 5.56 Å². The number of ether oxygens (including phenoxy) is 1. The Labute approximate surface area is 172 Å². The van der Waals surface area contributed by atoms with E-state index >= 15 is 0 Å². The second-order valence-corrected chi connectivity index (χ2v) is 7.13. The summed E-state index contributed by atoms with van der Waals surface area (Å²) in [5.74, 6) is -1.11. The van der Waals surface area contributed by atoms with Crippen molar-refractivity contribution in [3.63, 3.8) is 0 Å². The molecular formula is C22H21N3O5. The van der Waals surface area contributed by atoms with Gasteiger partial charge in [0.15, 0.2) is 12.4 Å². The molecular weight excluding hydrogens is 386 g/mol. The first-order valence-corrected chi connectivity index (χ1v) is 9.74. The molecule has 8 heteroatoms. The highest BCUT2D eigenvalue weighted by Crippen LogP contribution is 2.26. The largest absolute Gasteiger partial charge is 0.463 e. The fourth-order valence-corrected chi connectivity index (χ4v) is 3.71. The molecule has 30 heavy (non-hydrogen) atoms. The minimum Gasteiger partial charge on any atom is -0.463 e. The maximum absolute atomic E-state index is 12.8. The summed E-state index contributed by atoms with van der Waals surface area (Å²) in [6.07, 6.45) is 3.66. The lowest BCUT2D eigenvalue weighted by Gasteiger charge is -2.33. The molecule has 3 heterocycles. The molecule has 1 fully saturated rings. The second-order valence-electron chi connectivity index (χ2n) is 7.13. The Morgan fingerprint density at radius 2 is 2.00 bits per heavy atom. The third-order valence-electron chi connectivity index (χ3n) is 5.19. The molecule has 2 amide bonds. The number of hydrogen-bond donors (Lipinski definition) is 1. The molecule has 0 spiro atoms. The predicted octanol–water partition coefficient (Wildman–Crippen LogP) is 2.52. The smallest absolute Gasteiger partial charge is 0.339 e. The summed E-state index contributed by atoms with van der Waals surface area (Å²) in [6.45, 7) is -0.0415. The number of nitrogens with zero attached hydrogens (tertiary/aromatic N) is 2. The van der Waals surface area contributed by atoms with Gasteiger partial charge in [0.25, 0.3) is 5.91 Å². The number of aromatic nitrogens is 1. The van der Waals surface area contributed by atoms with Crippen LogP contribution in [0.15, 0.2) is 53.1 Å². The van der Waals surface area contributed by atoms with Gasteiger partial charge in [-0.2, -0.15) is 0 Å². The van der Waals surface area contributed by atoms with Crippen LogP contribution < -0.4 is 5.73 Å². The van der Waals surface area contributed by atoms with Gasteiger partial charge in [-0.15, -0.1) is 0 Å². The molecule has 154 valence electrons. The van der Waals surface area contributed by atoms with Crippen LogP contribution in [0.25, 0.3) is 22.4 Å². The number of piperidine rings is 1. The van der Waals surface area contributed by atoms with E-state index in [1.54, 1.807) is 36.4 Å². The minimum atomic E-state index is -0.655. The van der Waals surface area contributed by atoms with Gasteiger partial charge in [0.05, 0.1) is 17.3 Å². The highest BCUT2D eigenvalue weighted by Gasteiger charge is 2.31. The molecule has 0 unspecified atom stereocenters. The van der Waals surface area contributed by atoms with E-state index in [0.29, 0.717) is 35.3 Å². The zero-order valence-electron chi connectivity index (χ0n) is 16.2. The van der Waals surface area contributed by atoms with Crippen molar-refractivity contribution in [3.8, 4) is 11.5 Å². The molecule has 1 aliphatic rings. The summed E-state index contributed by atoms with van der Waals surface area (Å²) in [6, 6.07) is 11.6. The molecule has 0 aliphatic carbocycles. The molecule has 0 bridgehead atoms. The first-order chi connectivity index (χ1) is 14.5. The lowest BCUT2D eigenvalue weighted by molar-refractivity contribution is -0.143. The first-order valence-electron chi connectivity index (χ1n) is 9.74. The Bertz CT molecular complexity index is 1090. The van der Waals surface area contributed by atoms with E-state index in [4.69, 9.17) is 14.9 Å². The lowest BCUT2D eigenvalue weighted by atomic mass is 10.0. The van der Waals surface area contributed by atoms with Crippen molar-refractivity contribution in [1.29, 1.82) is 0 Å². The molecule has 1 aromatic carbocycles. The molecule has 0 saturated carbocycles. The Balaban J connectivity index is 1.56. The highest BCUT2D eigenvalue weighted by molar-refractivity contribution is 6.05. The van der Waals surface area contributed by atoms with Crippen LogP contribution in [0.4, 0.5) is 0 Å². The number of furan rings is 1. The Kier molecular flexibility index (Phi) is 5.47. The van der Waals surface area contributed by atoms with E-state index in [0.717, 1.165) is 12.8 Å². The molecule has 1 aliphatic heterocycles. The van der Waals surface area contributed by atoms with Crippen LogP contribution >= 0.6 is 0 Å². The normalized spacial score (nSPS) is 16.4. The number of esters is 1. The molecule has 4 rings (SSSR count). The van der Waals surface area contributed by atoms with Gasteiger partial charge in [0.2, 0.25) is 5.91 Å². The topological polar surface area (TPSA) is 116 Å². The number of primary amides is 1. The van der Waals surface area contributed by atoms with Crippen LogP contribution in [0.2, 0.25) is 0 Å². The first kappa shape index (κ1) is 19.6. The summed E-state index contributed by atoms with van der Waals surface area (Å²) in [5.41, 5.74) is 6.79. The number of rotatable bonds is 5. The summed E-state index contributed by atoms with van der Waals surface area (Å²) < 4.78 is 10.7. The van der Waals surface area contributed by atoms with Crippen LogP contribution in [-0.2, 0) is 14.3 Å². The molecule has 1 atom stereocenters. The number of pyridine rings is 1. The number of nitrogens with two attached hydrogens (primary N) is 1. The summed E-state index contributed by atoms with van der Waals surface area (Å²) in [7, 11) is 0. The van der Waals surface area contributed by atoms with E-state index in [2.05, 4.69) is 4.98 Å². The number of fused-ring (bicyclic) bond motifs is 1. The van der Waals surface area contributed by atoms with E-state index in [1.807, 2.05) is 6.07 Å². The lowest BCUT2D eigenvalue weighted by Crippen LogP contribution is -2.51. The van der Waals surface area contributed by atoms with E-state index < -0.39 is 30.4 Å². The monoisotopic (exact) mass is 407 g/mol. The zero-order chi connectivity index (χ0) is 21.1. The number of carbonyl (C=O) groups excluding carboxylic acids is 3. The van der Waals surface area contributed by atoms with Crippen molar-refractivity contribution in [3.05, 3.63) is 54.3 Å². The van der Waals surface area contributed by atoms with E-state index in [1.165, 1.54) is 11.2 Å². The second kappa shape index (κ2) is 8.36. The Hall–Kier alpha value is -3.68. The van der Waals surface area contributed by atoms with Gasteiger partial charge in [-0.25, -0.2) is 9.78 Å². The molecule has 2 N–H and O–H groups in total. The Morgan fingerprint density at radius 1 is 1.17 bits per heavy atom. The quantitative estimate of drug-likeness (QED) is 0.650. The van der Waals surface area contributed by atoms with Crippen LogP contribution in [0.3, 0.4) is 0 Å². The maximum atomic E-state index is 12.8. The molecule has 3 aromatic rings. The zero-order valence-corrected chi connectivity index (χ0v) is 16.2. The van der Waals surface area contributed by atoms with Crippen LogP contribution in [0.5, 0.6) is 0 Å². The van der Waals surface area contributed by atoms with Gasteiger partial charge in [0, 0.05) is 11.9 Å². The number of amides is 2. The van der Waals surface area contributed by atoms with Crippen molar-refractivity contribution < 1.29 is 23.5 Å². The van der Waals surface area contributed by atoms with Gasteiger partial charge >= 0.3 is 5.97 Å². The molecule has 8 nitrogen and oxygen atoms in total. The van der Waals surface area contributed by atoms with Gasteiger partial charge in [-0.05, 0) is 43.5 Å². The summed E-state index contributed by atoms with van der Waals surface area (Å²) >= 11 is 0. The van der Waals surface area contributed by atoms with Crippen molar-refractivity contribution in [2.75, 3.05) is 13.2 Å². The van der Waals surface area contributed by atoms with E-state index in [9.17, 15) is 14.4 Å². The number of carbonyl (C=O) groups is 3. The number of benzene rings is 1. The van der Waals surface area contributed by atoms with Crippen LogP contribution in [0, 0.1) is 0 Å². The van der Waals surface area contributed by atoms with Crippen molar-refractivity contribution in [2.24, 2.45) is 5.73 Å². The SMILES string of the molecule is NC(=O)[C@H]1CCCCN1C(=O)COC(=O)c1cc(-c2ccco2)nc2ccccc12. The van der Waals surface area contributed by atoms with Crippen molar-refractivity contribution >= 4 is 28.7 Å². The Morgan fingerprint density at radius 3 is 2.77 bits per heavy atom. The minimum absolute atomic E-state index is 0.282. The van der Waals surface area contributed by atoms with Gasteiger partial charge < -0.3 is 19.8 Å². The third-order valence-corrected chi connectivity index (χ3v) is 5.19. The average molecular weight is 407 g/mol. The molecule has 1 saturated heterocycles. The molecule has 2 aromatic heterocycles. The van der Waals surface area contributed by atoms with Crippen LogP contribution in [-0.4, -0.2) is 46.9 Å². The standard InChI is InChI=1S/C22H21N3O5/c23-21(27)18-8-3-4-10-25(18)20(26)13-30-22(28)15-12-17(19-9-5-11-29-19)24-16-7-2-1-6-14(15)16/h1-2,5-7,9,11-12,18H,3-4,8,10,13H2,(H2,23,27)/t18-/m1/s1. The third kappa shape index (κ3) is 3.89. The molecule has 0 radical (unpaired) electrons. The predicted molar refractivity (Wildman–Crippen MR) is 108 cm³/mol. The van der Waals surface area contributed by atoms with Crippen molar-refractivity contribution in [1.82, 2.24) is 9.88 Å². The fourth-order valence-electron chi connectivity index (χ4n) is 3.71. The summed E-state index contributed by atoms with van der Waals surface area (Å²) in [4.78, 5) is 43.0. The van der Waals surface area contributed by atoms with Crippen molar-refractivity contribution in [2.45, 2.75) is 25.3 Å². The fraction of sp³-hybridized carbons (Fsp3) is 0.273. The maximum Gasteiger partial charge on any atom is 0.339 e. The van der Waals surface area contributed by atoms with Gasteiger partial charge in [0.1, 0.15) is 11.7 Å².